The molecule has 3 aromatic carbocycles. The third kappa shape index (κ3) is 4.96. The molecule has 37 heavy (non-hydrogen) atoms. The van der Waals surface area contributed by atoms with Crippen molar-refractivity contribution >= 4 is 26.6 Å². The molecular formula is C27H20F2N4O3S. The topological polar surface area (TPSA) is 94.1 Å². The molecule has 2 heterocycles. The number of halogens is 2. The molecule has 0 atom stereocenters. The Morgan fingerprint density at radius 2 is 1.59 bits per heavy atom. The Kier molecular flexibility index (Phi) is 6.26. The molecule has 0 aliphatic carbocycles. The Morgan fingerprint density at radius 3 is 2.32 bits per heavy atom. The van der Waals surface area contributed by atoms with E-state index in [1.807, 2.05) is 0 Å². The number of aryl methyl sites for hydroxylation is 1. The zero-order valence-corrected chi connectivity index (χ0v) is 20.6. The van der Waals surface area contributed by atoms with Gasteiger partial charge in [0.2, 0.25) is 0 Å². The van der Waals surface area contributed by atoms with Gasteiger partial charge < -0.3 is 4.74 Å². The third-order valence-corrected chi connectivity index (χ3v) is 7.07. The number of hydrogen-bond donors (Lipinski definition) is 1. The van der Waals surface area contributed by atoms with Gasteiger partial charge in [0, 0.05) is 29.4 Å². The van der Waals surface area contributed by atoms with Crippen molar-refractivity contribution in [1.29, 1.82) is 0 Å². The Balaban J connectivity index is 1.55. The zero-order chi connectivity index (χ0) is 26.2. The number of ether oxygens (including phenoxy) is 1. The minimum Gasteiger partial charge on any atom is -0.496 e. The van der Waals surface area contributed by atoms with Crippen LogP contribution in [0.15, 0.2) is 84.0 Å². The van der Waals surface area contributed by atoms with E-state index < -0.39 is 21.7 Å². The monoisotopic (exact) mass is 518 g/mol. The predicted octanol–water partition coefficient (Wildman–Crippen LogP) is 5.75. The van der Waals surface area contributed by atoms with E-state index in [1.165, 1.54) is 37.6 Å². The summed E-state index contributed by atoms with van der Waals surface area (Å²) in [4.78, 5) is 12.6. The molecule has 0 spiro atoms. The fraction of sp³-hybridized carbons (Fsp3) is 0.0741. The van der Waals surface area contributed by atoms with E-state index in [9.17, 15) is 17.2 Å². The highest BCUT2D eigenvalue weighted by molar-refractivity contribution is 7.92. The predicted molar refractivity (Wildman–Crippen MR) is 137 cm³/mol. The normalized spacial score (nSPS) is 11.5. The third-order valence-electron chi connectivity index (χ3n) is 5.71. The van der Waals surface area contributed by atoms with Crippen LogP contribution in [0.1, 0.15) is 5.82 Å². The fourth-order valence-electron chi connectivity index (χ4n) is 4.03. The molecule has 5 aromatic rings. The van der Waals surface area contributed by atoms with E-state index in [0.717, 1.165) is 6.07 Å². The van der Waals surface area contributed by atoms with Gasteiger partial charge >= 0.3 is 0 Å². The van der Waals surface area contributed by atoms with Crippen LogP contribution in [-0.2, 0) is 10.0 Å². The first-order valence-corrected chi connectivity index (χ1v) is 12.6. The largest absolute Gasteiger partial charge is 0.496 e. The Hall–Kier alpha value is -4.44. The summed E-state index contributed by atoms with van der Waals surface area (Å²) in [6, 6.07) is 16.3. The van der Waals surface area contributed by atoms with Crippen LogP contribution in [0.3, 0.4) is 0 Å². The molecule has 0 bridgehead atoms. The van der Waals surface area contributed by atoms with Crippen molar-refractivity contribution in [3.05, 3.63) is 96.6 Å². The summed E-state index contributed by atoms with van der Waals surface area (Å²) >= 11 is 0. The van der Waals surface area contributed by atoms with E-state index in [2.05, 4.69) is 19.7 Å². The van der Waals surface area contributed by atoms with Gasteiger partial charge in [-0.25, -0.2) is 27.2 Å². The number of sulfonamides is 1. The Morgan fingerprint density at radius 1 is 0.838 bits per heavy atom. The number of hydrogen-bond acceptors (Lipinski definition) is 6. The number of nitrogens with one attached hydrogen (secondary N) is 1. The van der Waals surface area contributed by atoms with Gasteiger partial charge in [-0.3, -0.25) is 9.71 Å². The van der Waals surface area contributed by atoms with Crippen LogP contribution in [0.2, 0.25) is 0 Å². The van der Waals surface area contributed by atoms with Crippen molar-refractivity contribution in [1.82, 2.24) is 15.0 Å². The molecule has 7 nitrogen and oxygen atoms in total. The van der Waals surface area contributed by atoms with Crippen LogP contribution in [0.5, 0.6) is 5.75 Å². The van der Waals surface area contributed by atoms with Crippen LogP contribution in [0, 0.1) is 18.6 Å². The van der Waals surface area contributed by atoms with Crippen LogP contribution in [0.25, 0.3) is 33.2 Å². The Labute approximate surface area is 211 Å². The summed E-state index contributed by atoms with van der Waals surface area (Å²) in [5.41, 5.74) is 2.14. The minimum absolute atomic E-state index is 0.0591. The SMILES string of the molecule is COc1cc(-c2cc(F)cc(F)c2)ccc1-c1nccc2cc(S(=O)(=O)Nc3ccnc(C)n3)ccc12. The molecule has 0 saturated heterocycles. The summed E-state index contributed by atoms with van der Waals surface area (Å²) in [7, 11) is -2.41. The van der Waals surface area contributed by atoms with Gasteiger partial charge in [-0.15, -0.1) is 0 Å². The van der Waals surface area contributed by atoms with Crippen LogP contribution >= 0.6 is 0 Å². The standard InChI is InChI=1S/C27H20F2N4O3S/c1-16-30-10-8-26(32-16)33-37(34,35)22-4-6-23-18(13-22)7-9-31-27(23)24-5-3-17(14-25(24)36-2)19-11-20(28)15-21(29)12-19/h3-15H,1-2H3,(H,30,32,33). The smallest absolute Gasteiger partial charge is 0.263 e. The maximum Gasteiger partial charge on any atom is 0.263 e. The molecule has 2 aromatic heterocycles. The zero-order valence-electron chi connectivity index (χ0n) is 19.7. The highest BCUT2D eigenvalue weighted by Gasteiger charge is 2.18. The second kappa shape index (κ2) is 9.55. The number of rotatable bonds is 6. The molecule has 1 N–H and O–H groups in total. The van der Waals surface area contributed by atoms with Gasteiger partial charge in [0.25, 0.3) is 10.0 Å². The van der Waals surface area contributed by atoms with Crippen molar-refractivity contribution in [2.45, 2.75) is 11.8 Å². The van der Waals surface area contributed by atoms with Crippen molar-refractivity contribution in [3.63, 3.8) is 0 Å². The summed E-state index contributed by atoms with van der Waals surface area (Å²) in [6.45, 7) is 1.67. The van der Waals surface area contributed by atoms with Gasteiger partial charge in [-0.05, 0) is 72.0 Å². The number of fused-ring (bicyclic) bond motifs is 1. The van der Waals surface area contributed by atoms with Gasteiger partial charge in [-0.1, -0.05) is 12.1 Å². The molecule has 186 valence electrons. The summed E-state index contributed by atoms with van der Waals surface area (Å²) < 4.78 is 61.5. The lowest BCUT2D eigenvalue weighted by Gasteiger charge is -2.14. The van der Waals surface area contributed by atoms with E-state index in [4.69, 9.17) is 4.74 Å². The second-order valence-corrected chi connectivity index (χ2v) is 9.89. The van der Waals surface area contributed by atoms with Crippen molar-refractivity contribution in [2.24, 2.45) is 0 Å². The van der Waals surface area contributed by atoms with Crippen molar-refractivity contribution in [3.8, 4) is 28.1 Å². The lowest BCUT2D eigenvalue weighted by Crippen LogP contribution is -2.14. The molecule has 0 aliphatic heterocycles. The second-order valence-electron chi connectivity index (χ2n) is 8.21. The highest BCUT2D eigenvalue weighted by atomic mass is 32.2. The summed E-state index contributed by atoms with van der Waals surface area (Å²) in [5, 5.41) is 1.34. The van der Waals surface area contributed by atoms with Gasteiger partial charge in [-0.2, -0.15) is 0 Å². The number of aromatic nitrogens is 3. The average molecular weight is 519 g/mol. The number of anilines is 1. The molecule has 10 heteroatoms. The van der Waals surface area contributed by atoms with Crippen LogP contribution < -0.4 is 9.46 Å². The van der Waals surface area contributed by atoms with Crippen LogP contribution in [0.4, 0.5) is 14.6 Å². The lowest BCUT2D eigenvalue weighted by molar-refractivity contribution is 0.416. The van der Waals surface area contributed by atoms with Gasteiger partial charge in [0.15, 0.2) is 0 Å². The van der Waals surface area contributed by atoms with Crippen molar-refractivity contribution in [2.75, 3.05) is 11.8 Å². The van der Waals surface area contributed by atoms with Gasteiger partial charge in [0.05, 0.1) is 17.7 Å². The molecule has 0 radical (unpaired) electrons. The molecule has 0 saturated carbocycles. The first-order chi connectivity index (χ1) is 17.7. The van der Waals surface area contributed by atoms with E-state index in [0.29, 0.717) is 44.7 Å². The number of pyridine rings is 1. The molecule has 0 aliphatic rings. The molecule has 0 fully saturated rings. The molecule has 0 unspecified atom stereocenters. The van der Waals surface area contributed by atoms with Gasteiger partial charge in [0.1, 0.15) is 29.0 Å². The molecule has 0 amide bonds. The first-order valence-electron chi connectivity index (χ1n) is 11.1. The Bertz CT molecular complexity index is 1740. The maximum absolute atomic E-state index is 13.7. The molecule has 5 rings (SSSR count). The fourth-order valence-corrected chi connectivity index (χ4v) is 5.07. The quantitative estimate of drug-likeness (QED) is 0.307. The average Bonchev–Trinajstić information content (AvgIpc) is 2.87. The molecular weight excluding hydrogens is 498 g/mol. The van der Waals surface area contributed by atoms with E-state index in [-0.39, 0.29) is 10.7 Å². The number of methoxy groups -OCH3 is 1. The number of nitrogens with zero attached hydrogens (tertiary/aromatic N) is 3. The van der Waals surface area contributed by atoms with Crippen molar-refractivity contribution < 1.29 is 21.9 Å². The summed E-state index contributed by atoms with van der Waals surface area (Å²) in [6.07, 6.45) is 3.05. The van der Waals surface area contributed by atoms with Crippen LogP contribution in [-0.4, -0.2) is 30.5 Å². The maximum atomic E-state index is 13.7. The highest BCUT2D eigenvalue weighted by Crippen LogP contribution is 2.37. The lowest BCUT2D eigenvalue weighted by atomic mass is 9.99. The van der Waals surface area contributed by atoms with E-state index in [1.54, 1.807) is 49.5 Å². The number of benzene rings is 3. The first kappa shape index (κ1) is 24.3. The minimum atomic E-state index is -3.90. The summed E-state index contributed by atoms with van der Waals surface area (Å²) in [5.74, 6) is -0.296. The van der Waals surface area contributed by atoms with E-state index >= 15 is 0 Å².